The summed E-state index contributed by atoms with van der Waals surface area (Å²) in [5, 5.41) is 0.525. The molecule has 1 aliphatic rings. The first kappa shape index (κ1) is 21.3. The second kappa shape index (κ2) is 8.95. The van der Waals surface area contributed by atoms with Crippen LogP contribution in [-0.4, -0.2) is 38.5 Å². The molecule has 0 atom stereocenters. The third-order valence-electron chi connectivity index (χ3n) is 5.23. The van der Waals surface area contributed by atoms with Crippen molar-refractivity contribution in [1.82, 2.24) is 9.62 Å². The fourth-order valence-electron chi connectivity index (χ4n) is 3.92. The Morgan fingerprint density at radius 3 is 2.25 bits per heavy atom. The molecule has 2 aromatic rings. The zero-order valence-electron chi connectivity index (χ0n) is 16.6. The van der Waals surface area contributed by atoms with Crippen molar-refractivity contribution in [3.05, 3.63) is 65.2 Å². The summed E-state index contributed by atoms with van der Waals surface area (Å²) in [5.74, 6) is 0.701. The first-order valence-corrected chi connectivity index (χ1v) is 11.7. The highest BCUT2D eigenvalue weighted by Gasteiger charge is 2.30. The van der Waals surface area contributed by atoms with Crippen LogP contribution in [0.25, 0.3) is 0 Å². The number of rotatable bonds is 7. The molecule has 1 fully saturated rings. The van der Waals surface area contributed by atoms with Gasteiger partial charge in [-0.15, -0.1) is 0 Å². The van der Waals surface area contributed by atoms with Gasteiger partial charge in [-0.25, -0.2) is 13.1 Å². The fraction of sp³-hybridized carbons (Fsp3) is 0.455. The molecule has 152 valence electrons. The highest BCUT2D eigenvalue weighted by atomic mass is 35.5. The minimum Gasteiger partial charge on any atom is -0.301 e. The molecule has 3 rings (SSSR count). The standard InChI is InChI=1S/C22H29ClN2O2S/c1-22(2,24-28(26,27)21-10-8-20(23)9-11-21)17-25-14-12-19(13-15-25)16-18-6-4-3-5-7-18/h3-11,19,24H,12-17H2,1-2H3. The van der Waals surface area contributed by atoms with Crippen molar-refractivity contribution in [2.24, 2.45) is 5.92 Å². The van der Waals surface area contributed by atoms with Gasteiger partial charge in [0.25, 0.3) is 0 Å². The van der Waals surface area contributed by atoms with Crippen molar-refractivity contribution in [2.75, 3.05) is 19.6 Å². The molecule has 1 aliphatic heterocycles. The largest absolute Gasteiger partial charge is 0.301 e. The lowest BCUT2D eigenvalue weighted by atomic mass is 9.89. The quantitative estimate of drug-likeness (QED) is 0.724. The van der Waals surface area contributed by atoms with E-state index in [1.54, 1.807) is 12.1 Å². The molecule has 0 radical (unpaired) electrons. The van der Waals surface area contributed by atoms with E-state index in [-0.39, 0.29) is 4.90 Å². The Hall–Kier alpha value is -1.40. The molecule has 0 aromatic heterocycles. The summed E-state index contributed by atoms with van der Waals surface area (Å²) in [5.41, 5.74) is 0.849. The SMILES string of the molecule is CC(C)(CN1CCC(Cc2ccccc2)CC1)NS(=O)(=O)c1ccc(Cl)cc1. The molecular formula is C22H29ClN2O2S. The van der Waals surface area contributed by atoms with E-state index in [1.807, 2.05) is 13.8 Å². The molecule has 2 aromatic carbocycles. The average molecular weight is 421 g/mol. The van der Waals surface area contributed by atoms with E-state index in [0.717, 1.165) is 32.4 Å². The molecule has 0 unspecified atom stereocenters. The molecule has 1 saturated heterocycles. The molecule has 4 nitrogen and oxygen atoms in total. The van der Waals surface area contributed by atoms with Gasteiger partial charge < -0.3 is 4.90 Å². The minimum atomic E-state index is -3.57. The second-order valence-corrected chi connectivity index (χ2v) is 10.5. The van der Waals surface area contributed by atoms with E-state index >= 15 is 0 Å². The number of hydrogen-bond donors (Lipinski definition) is 1. The van der Waals surface area contributed by atoms with Crippen LogP contribution in [0.3, 0.4) is 0 Å². The van der Waals surface area contributed by atoms with Gasteiger partial charge in [0.2, 0.25) is 10.0 Å². The number of nitrogens with one attached hydrogen (secondary N) is 1. The van der Waals surface area contributed by atoms with Crippen LogP contribution in [-0.2, 0) is 16.4 Å². The zero-order valence-corrected chi connectivity index (χ0v) is 18.1. The molecule has 1 N–H and O–H groups in total. The molecule has 1 heterocycles. The molecule has 6 heteroatoms. The Labute approximate surface area is 174 Å². The molecule has 28 heavy (non-hydrogen) atoms. The van der Waals surface area contributed by atoms with Gasteiger partial charge in [0.1, 0.15) is 0 Å². The van der Waals surface area contributed by atoms with Crippen molar-refractivity contribution in [2.45, 2.75) is 43.5 Å². The maximum atomic E-state index is 12.7. The monoisotopic (exact) mass is 420 g/mol. The number of benzene rings is 2. The maximum Gasteiger partial charge on any atom is 0.241 e. The van der Waals surface area contributed by atoms with Gasteiger partial charge in [-0.05, 0) is 81.9 Å². The molecule has 0 bridgehead atoms. The van der Waals surface area contributed by atoms with Gasteiger partial charge >= 0.3 is 0 Å². The second-order valence-electron chi connectivity index (χ2n) is 8.35. The minimum absolute atomic E-state index is 0.242. The van der Waals surface area contributed by atoms with Crippen molar-refractivity contribution in [1.29, 1.82) is 0 Å². The van der Waals surface area contributed by atoms with Gasteiger partial charge in [-0.1, -0.05) is 41.9 Å². The number of piperidine rings is 1. The molecule has 0 saturated carbocycles. The number of halogens is 1. The van der Waals surface area contributed by atoms with Gasteiger partial charge in [0, 0.05) is 17.1 Å². The average Bonchev–Trinajstić information content (AvgIpc) is 2.63. The first-order chi connectivity index (χ1) is 13.2. The Morgan fingerprint density at radius 2 is 1.64 bits per heavy atom. The predicted molar refractivity (Wildman–Crippen MR) is 115 cm³/mol. The zero-order chi connectivity index (χ0) is 20.2. The number of sulfonamides is 1. The van der Waals surface area contributed by atoms with E-state index in [0.29, 0.717) is 17.5 Å². The van der Waals surface area contributed by atoms with E-state index in [4.69, 9.17) is 11.6 Å². The smallest absolute Gasteiger partial charge is 0.241 e. The van der Waals surface area contributed by atoms with Crippen LogP contribution in [0, 0.1) is 5.92 Å². The lowest BCUT2D eigenvalue weighted by Crippen LogP contribution is -2.52. The third kappa shape index (κ3) is 6.05. The van der Waals surface area contributed by atoms with Crippen LogP contribution in [0.5, 0.6) is 0 Å². The summed E-state index contributed by atoms with van der Waals surface area (Å²) in [7, 11) is -3.57. The summed E-state index contributed by atoms with van der Waals surface area (Å²) >= 11 is 5.86. The van der Waals surface area contributed by atoms with Crippen molar-refractivity contribution in [3.63, 3.8) is 0 Å². The first-order valence-electron chi connectivity index (χ1n) is 9.79. The molecule has 0 amide bonds. The van der Waals surface area contributed by atoms with E-state index in [9.17, 15) is 8.42 Å². The normalized spacial score (nSPS) is 17.0. The topological polar surface area (TPSA) is 49.4 Å². The molecular weight excluding hydrogens is 392 g/mol. The highest BCUT2D eigenvalue weighted by molar-refractivity contribution is 7.89. The summed E-state index contributed by atoms with van der Waals surface area (Å²) < 4.78 is 28.2. The van der Waals surface area contributed by atoms with Crippen molar-refractivity contribution >= 4 is 21.6 Å². The number of nitrogens with zero attached hydrogens (tertiary/aromatic N) is 1. The van der Waals surface area contributed by atoms with Gasteiger partial charge in [0.05, 0.1) is 4.90 Å². The fourth-order valence-corrected chi connectivity index (χ4v) is 5.45. The van der Waals surface area contributed by atoms with E-state index < -0.39 is 15.6 Å². The summed E-state index contributed by atoms with van der Waals surface area (Å²) in [6.45, 7) is 6.58. The van der Waals surface area contributed by atoms with Crippen LogP contribution < -0.4 is 4.72 Å². The summed E-state index contributed by atoms with van der Waals surface area (Å²) in [6, 6.07) is 16.9. The van der Waals surface area contributed by atoms with Crippen LogP contribution >= 0.6 is 11.6 Å². The van der Waals surface area contributed by atoms with Gasteiger partial charge in [0.15, 0.2) is 0 Å². The predicted octanol–water partition coefficient (Wildman–Crippen LogP) is 4.35. The highest BCUT2D eigenvalue weighted by Crippen LogP contribution is 2.23. The Balaban J connectivity index is 1.52. The Kier molecular flexibility index (Phi) is 6.81. The van der Waals surface area contributed by atoms with Crippen molar-refractivity contribution < 1.29 is 8.42 Å². The maximum absolute atomic E-state index is 12.7. The summed E-state index contributed by atoms with van der Waals surface area (Å²) in [6.07, 6.45) is 3.42. The third-order valence-corrected chi connectivity index (χ3v) is 7.19. The van der Waals surface area contributed by atoms with Crippen molar-refractivity contribution in [3.8, 4) is 0 Å². The van der Waals surface area contributed by atoms with Gasteiger partial charge in [-0.3, -0.25) is 0 Å². The Bertz CT molecular complexity index is 859. The van der Waals surface area contributed by atoms with Crippen LogP contribution in [0.1, 0.15) is 32.3 Å². The van der Waals surface area contributed by atoms with E-state index in [1.165, 1.54) is 17.7 Å². The molecule has 0 spiro atoms. The molecule has 0 aliphatic carbocycles. The number of likely N-dealkylation sites (tertiary alicyclic amines) is 1. The van der Waals surface area contributed by atoms with E-state index in [2.05, 4.69) is 40.0 Å². The lowest BCUT2D eigenvalue weighted by Gasteiger charge is -2.37. The van der Waals surface area contributed by atoms with Crippen LogP contribution in [0.4, 0.5) is 0 Å². The van der Waals surface area contributed by atoms with Crippen LogP contribution in [0.15, 0.2) is 59.5 Å². The Morgan fingerprint density at radius 1 is 1.04 bits per heavy atom. The van der Waals surface area contributed by atoms with Gasteiger partial charge in [-0.2, -0.15) is 0 Å². The summed E-state index contributed by atoms with van der Waals surface area (Å²) in [4.78, 5) is 2.61. The van der Waals surface area contributed by atoms with Crippen LogP contribution in [0.2, 0.25) is 5.02 Å². The number of hydrogen-bond acceptors (Lipinski definition) is 3. The lowest BCUT2D eigenvalue weighted by molar-refractivity contribution is 0.152.